The second-order valence-electron chi connectivity index (χ2n) is 6.87. The third kappa shape index (κ3) is 6.61. The predicted molar refractivity (Wildman–Crippen MR) is 108 cm³/mol. The van der Waals surface area contributed by atoms with Gasteiger partial charge in [0.25, 0.3) is 0 Å². The number of unbranched alkanes of at least 4 members (excludes halogenated alkanes) is 1. The van der Waals surface area contributed by atoms with Gasteiger partial charge in [-0.05, 0) is 55.3 Å². The Labute approximate surface area is 180 Å². The number of anilines is 1. The highest BCUT2D eigenvalue weighted by molar-refractivity contribution is 8.01. The first-order valence-electron chi connectivity index (χ1n) is 9.56. The van der Waals surface area contributed by atoms with Gasteiger partial charge in [0, 0.05) is 17.9 Å². The van der Waals surface area contributed by atoms with E-state index in [1.807, 2.05) is 0 Å². The first-order valence-corrected chi connectivity index (χ1v) is 10.4. The van der Waals surface area contributed by atoms with Gasteiger partial charge in [-0.2, -0.15) is 13.2 Å². The fourth-order valence-electron chi connectivity index (χ4n) is 2.88. The summed E-state index contributed by atoms with van der Waals surface area (Å²) in [6.45, 7) is 0.815. The molecule has 3 rings (SSSR count). The van der Waals surface area contributed by atoms with Crippen LogP contribution >= 0.6 is 11.8 Å². The first-order chi connectivity index (χ1) is 14.7. The van der Waals surface area contributed by atoms with E-state index in [0.29, 0.717) is 36.6 Å². The number of carbonyl (C=O) groups excluding carboxylic acids is 2. The molecule has 2 amide bonds. The molecule has 0 spiro atoms. The monoisotopic (exact) mass is 456 g/mol. The molecule has 1 atom stereocenters. The van der Waals surface area contributed by atoms with Crippen LogP contribution in [0.3, 0.4) is 0 Å². The molecule has 5 nitrogen and oxygen atoms in total. The molecular weight excluding hydrogens is 436 g/mol. The molecule has 0 fully saturated rings. The van der Waals surface area contributed by atoms with Gasteiger partial charge in [-0.3, -0.25) is 9.59 Å². The Morgan fingerprint density at radius 1 is 1.13 bits per heavy atom. The highest BCUT2D eigenvalue weighted by Crippen LogP contribution is 2.40. The highest BCUT2D eigenvalue weighted by atomic mass is 32.2. The Balaban J connectivity index is 1.38. The molecule has 2 aromatic rings. The van der Waals surface area contributed by atoms with Crippen LogP contribution in [0.25, 0.3) is 0 Å². The molecule has 0 saturated heterocycles. The van der Waals surface area contributed by atoms with Crippen molar-refractivity contribution in [2.45, 2.75) is 35.6 Å². The Kier molecular flexibility index (Phi) is 7.42. The topological polar surface area (TPSA) is 67.4 Å². The summed E-state index contributed by atoms with van der Waals surface area (Å²) in [5.41, 5.74) is -0.741. The molecule has 2 N–H and O–H groups in total. The molecule has 0 radical (unpaired) electrons. The molecule has 31 heavy (non-hydrogen) atoms. The summed E-state index contributed by atoms with van der Waals surface area (Å²) in [6, 6.07) is 8.83. The largest absolute Gasteiger partial charge is 0.494 e. The number of amides is 2. The summed E-state index contributed by atoms with van der Waals surface area (Å²) in [5.74, 6) is -0.593. The van der Waals surface area contributed by atoms with Crippen molar-refractivity contribution < 1.29 is 31.9 Å². The molecule has 10 heteroatoms. The number of nitrogens with one attached hydrogen (secondary N) is 2. The Morgan fingerprint density at radius 3 is 2.58 bits per heavy atom. The molecule has 0 aliphatic carbocycles. The van der Waals surface area contributed by atoms with Gasteiger partial charge >= 0.3 is 6.18 Å². The predicted octanol–water partition coefficient (Wildman–Crippen LogP) is 4.62. The van der Waals surface area contributed by atoms with Crippen molar-refractivity contribution in [2.24, 2.45) is 0 Å². The van der Waals surface area contributed by atoms with Gasteiger partial charge in [0.2, 0.25) is 11.8 Å². The zero-order chi connectivity index (χ0) is 22.4. The summed E-state index contributed by atoms with van der Waals surface area (Å²) >= 11 is 1.07. The number of thioether (sulfide) groups is 1. The molecule has 0 saturated carbocycles. The van der Waals surface area contributed by atoms with E-state index in [2.05, 4.69) is 10.6 Å². The van der Waals surface area contributed by atoms with Crippen LogP contribution in [0.2, 0.25) is 0 Å². The average Bonchev–Trinajstić information content (AvgIpc) is 2.71. The number of hydrogen-bond donors (Lipinski definition) is 2. The van der Waals surface area contributed by atoms with E-state index in [4.69, 9.17) is 4.74 Å². The lowest BCUT2D eigenvalue weighted by Gasteiger charge is -2.24. The molecular formula is C21H20F4N2O3S. The molecule has 2 aromatic carbocycles. The summed E-state index contributed by atoms with van der Waals surface area (Å²) in [5, 5.41) is 4.46. The number of halogens is 4. The highest BCUT2D eigenvalue weighted by Gasteiger charge is 2.34. The van der Waals surface area contributed by atoms with Gasteiger partial charge in [0.05, 0.1) is 23.1 Å². The van der Waals surface area contributed by atoms with Gasteiger partial charge < -0.3 is 15.4 Å². The smallest absolute Gasteiger partial charge is 0.416 e. The minimum absolute atomic E-state index is 0.0803. The van der Waals surface area contributed by atoms with E-state index in [1.165, 1.54) is 30.3 Å². The van der Waals surface area contributed by atoms with E-state index in [0.717, 1.165) is 23.9 Å². The van der Waals surface area contributed by atoms with Gasteiger partial charge in [-0.25, -0.2) is 4.39 Å². The maximum atomic E-state index is 12.8. The number of alkyl halides is 3. The third-order valence-electron chi connectivity index (χ3n) is 4.47. The zero-order valence-electron chi connectivity index (χ0n) is 16.3. The van der Waals surface area contributed by atoms with Crippen molar-refractivity contribution in [2.75, 3.05) is 18.5 Å². The fraction of sp³-hybridized carbons (Fsp3) is 0.333. The van der Waals surface area contributed by atoms with Crippen LogP contribution in [0.5, 0.6) is 5.75 Å². The van der Waals surface area contributed by atoms with Crippen LogP contribution in [0.4, 0.5) is 23.2 Å². The number of carbonyl (C=O) groups is 2. The summed E-state index contributed by atoms with van der Waals surface area (Å²) in [7, 11) is 0. The van der Waals surface area contributed by atoms with E-state index >= 15 is 0 Å². The average molecular weight is 456 g/mol. The van der Waals surface area contributed by atoms with Gasteiger partial charge in [-0.1, -0.05) is 0 Å². The summed E-state index contributed by atoms with van der Waals surface area (Å²) in [6.07, 6.45) is -3.25. The van der Waals surface area contributed by atoms with Crippen LogP contribution in [0.1, 0.15) is 24.8 Å². The zero-order valence-corrected chi connectivity index (χ0v) is 17.1. The number of ether oxygens (including phenoxy) is 1. The molecule has 1 aliphatic rings. The Morgan fingerprint density at radius 2 is 1.87 bits per heavy atom. The van der Waals surface area contributed by atoms with Crippen LogP contribution in [0, 0.1) is 5.82 Å². The number of hydrogen-bond acceptors (Lipinski definition) is 4. The summed E-state index contributed by atoms with van der Waals surface area (Å²) in [4.78, 5) is 24.8. The van der Waals surface area contributed by atoms with Crippen molar-refractivity contribution in [1.82, 2.24) is 5.32 Å². The number of fused-ring (bicyclic) bond motifs is 1. The normalized spacial score (nSPS) is 15.7. The van der Waals surface area contributed by atoms with Crippen molar-refractivity contribution in [1.29, 1.82) is 0 Å². The SMILES string of the molecule is O=C(CC1Sc2ccc(C(F)(F)F)cc2NC1=O)NCCCCOc1ccc(F)cc1. The second-order valence-corrected chi connectivity index (χ2v) is 8.11. The van der Waals surface area contributed by atoms with Crippen LogP contribution in [-0.4, -0.2) is 30.2 Å². The minimum atomic E-state index is -4.49. The lowest BCUT2D eigenvalue weighted by atomic mass is 10.1. The Bertz CT molecular complexity index is 935. The quantitative estimate of drug-likeness (QED) is 0.449. The second kappa shape index (κ2) is 10.0. The van der Waals surface area contributed by atoms with Crippen molar-refractivity contribution in [3.05, 3.63) is 53.8 Å². The summed E-state index contributed by atoms with van der Waals surface area (Å²) < 4.78 is 56.7. The van der Waals surface area contributed by atoms with Gasteiger partial charge in [0.15, 0.2) is 0 Å². The molecule has 0 bridgehead atoms. The van der Waals surface area contributed by atoms with Crippen LogP contribution in [0.15, 0.2) is 47.4 Å². The maximum Gasteiger partial charge on any atom is 0.416 e. The molecule has 166 valence electrons. The van der Waals surface area contributed by atoms with Crippen LogP contribution in [-0.2, 0) is 15.8 Å². The van der Waals surface area contributed by atoms with Crippen molar-refractivity contribution in [3.8, 4) is 5.75 Å². The lowest BCUT2D eigenvalue weighted by Crippen LogP contribution is -2.35. The van der Waals surface area contributed by atoms with E-state index in [-0.39, 0.29) is 23.8 Å². The van der Waals surface area contributed by atoms with Gasteiger partial charge in [0.1, 0.15) is 11.6 Å². The third-order valence-corrected chi connectivity index (χ3v) is 5.75. The standard InChI is InChI=1S/C21H20F4N2O3S/c22-14-4-6-15(7-5-14)30-10-2-1-9-26-19(28)12-18-20(29)27-16-11-13(21(23,24)25)3-8-17(16)31-18/h3-8,11,18H,1-2,9-10,12H2,(H,26,28)(H,27,29). The minimum Gasteiger partial charge on any atom is -0.494 e. The fourth-order valence-corrected chi connectivity index (χ4v) is 3.97. The van der Waals surface area contributed by atoms with Crippen LogP contribution < -0.4 is 15.4 Å². The van der Waals surface area contributed by atoms with E-state index in [9.17, 15) is 27.2 Å². The molecule has 1 heterocycles. The lowest BCUT2D eigenvalue weighted by molar-refractivity contribution is -0.137. The number of rotatable bonds is 8. The van der Waals surface area contributed by atoms with E-state index in [1.54, 1.807) is 0 Å². The molecule has 1 aliphatic heterocycles. The number of benzene rings is 2. The molecule has 0 aromatic heterocycles. The van der Waals surface area contributed by atoms with Crippen molar-refractivity contribution >= 4 is 29.3 Å². The van der Waals surface area contributed by atoms with Gasteiger partial charge in [-0.15, -0.1) is 11.8 Å². The maximum absolute atomic E-state index is 12.8. The van der Waals surface area contributed by atoms with E-state index < -0.39 is 22.9 Å². The Hall–Kier alpha value is -2.75. The molecule has 1 unspecified atom stereocenters. The first kappa shape index (κ1) is 22.9. The van der Waals surface area contributed by atoms with Crippen molar-refractivity contribution in [3.63, 3.8) is 0 Å².